The third-order valence-corrected chi connectivity index (χ3v) is 6.44. The summed E-state index contributed by atoms with van der Waals surface area (Å²) in [6.07, 6.45) is 2.36. The van der Waals surface area contributed by atoms with Gasteiger partial charge in [-0.2, -0.15) is 0 Å². The van der Waals surface area contributed by atoms with E-state index in [0.29, 0.717) is 38.9 Å². The van der Waals surface area contributed by atoms with Crippen LogP contribution in [0.3, 0.4) is 0 Å². The lowest BCUT2D eigenvalue weighted by atomic mass is 10.0. The summed E-state index contributed by atoms with van der Waals surface area (Å²) >= 11 is 1.19. The van der Waals surface area contributed by atoms with Crippen molar-refractivity contribution < 1.29 is 14.3 Å². The Morgan fingerprint density at radius 1 is 1.31 bits per heavy atom. The molecule has 1 fully saturated rings. The van der Waals surface area contributed by atoms with Gasteiger partial charge in [0.25, 0.3) is 5.56 Å². The fourth-order valence-corrected chi connectivity index (χ4v) is 4.68. The van der Waals surface area contributed by atoms with Gasteiger partial charge in [0.1, 0.15) is 21.3 Å². The normalized spacial score (nSPS) is 14.7. The first-order valence-electron chi connectivity index (χ1n) is 9.49. The van der Waals surface area contributed by atoms with Gasteiger partial charge < -0.3 is 19.8 Å². The Balaban J connectivity index is 1.58. The molecule has 1 atom stereocenters. The zero-order valence-corrected chi connectivity index (χ0v) is 17.4. The Morgan fingerprint density at radius 3 is 2.66 bits per heavy atom. The first-order valence-corrected chi connectivity index (χ1v) is 10.3. The van der Waals surface area contributed by atoms with Crippen molar-refractivity contribution in [2.24, 2.45) is 5.92 Å². The van der Waals surface area contributed by atoms with E-state index in [-0.39, 0.29) is 11.6 Å². The van der Waals surface area contributed by atoms with Crippen LogP contribution in [0.2, 0.25) is 0 Å². The van der Waals surface area contributed by atoms with Crippen LogP contribution in [0.4, 0.5) is 0 Å². The molecule has 8 heteroatoms. The average molecular weight is 413 g/mol. The Labute approximate surface area is 172 Å². The van der Waals surface area contributed by atoms with Gasteiger partial charge in [0, 0.05) is 6.04 Å². The predicted octanol–water partition coefficient (Wildman–Crippen LogP) is 3.33. The van der Waals surface area contributed by atoms with Crippen LogP contribution in [0.1, 0.15) is 45.5 Å². The van der Waals surface area contributed by atoms with Crippen molar-refractivity contribution in [1.82, 2.24) is 15.3 Å². The maximum atomic E-state index is 12.6. The number of carbonyl (C=O) groups excluding carboxylic acids is 1. The highest BCUT2D eigenvalue weighted by Gasteiger charge is 2.32. The minimum Gasteiger partial charge on any atom is -0.497 e. The number of H-pyrrole nitrogens is 1. The topological polar surface area (TPSA) is 93.3 Å². The van der Waals surface area contributed by atoms with Gasteiger partial charge in [0.2, 0.25) is 0 Å². The lowest BCUT2D eigenvalue weighted by Gasteiger charge is -2.19. The number of aromatic amines is 1. The molecule has 2 N–H and O–H groups in total. The number of hydrogen-bond acceptors (Lipinski definition) is 7. The van der Waals surface area contributed by atoms with Crippen molar-refractivity contribution in [3.63, 3.8) is 0 Å². The molecule has 29 heavy (non-hydrogen) atoms. The van der Waals surface area contributed by atoms with Crippen LogP contribution in [0.5, 0.6) is 5.75 Å². The molecule has 0 aliphatic heterocycles. The van der Waals surface area contributed by atoms with Gasteiger partial charge in [-0.25, -0.2) is 9.78 Å². The molecular weight excluding hydrogens is 390 g/mol. The second-order valence-corrected chi connectivity index (χ2v) is 8.21. The van der Waals surface area contributed by atoms with Crippen LogP contribution >= 0.6 is 11.3 Å². The first kappa shape index (κ1) is 19.6. The number of esters is 1. The molecule has 0 amide bonds. The van der Waals surface area contributed by atoms with E-state index in [1.165, 1.54) is 36.9 Å². The number of nitrogens with one attached hydrogen (secondary N) is 2. The quantitative estimate of drug-likeness (QED) is 0.577. The van der Waals surface area contributed by atoms with E-state index in [4.69, 9.17) is 9.47 Å². The minimum absolute atomic E-state index is 0.192. The smallest absolute Gasteiger partial charge is 0.348 e. The molecule has 0 bridgehead atoms. The molecule has 3 aromatic rings. The summed E-state index contributed by atoms with van der Waals surface area (Å²) < 4.78 is 10.0. The number of rotatable bonds is 7. The van der Waals surface area contributed by atoms with E-state index in [1.807, 2.05) is 12.1 Å². The number of fused-ring (bicyclic) bond motifs is 1. The number of benzene rings is 1. The summed E-state index contributed by atoms with van der Waals surface area (Å²) in [5, 5.41) is 3.99. The third-order valence-electron chi connectivity index (χ3n) is 5.28. The molecule has 1 unspecified atom stereocenters. The van der Waals surface area contributed by atoms with E-state index >= 15 is 0 Å². The molecule has 0 radical (unpaired) electrons. The fourth-order valence-electron chi connectivity index (χ4n) is 3.56. The number of aryl methyl sites for hydroxylation is 1. The van der Waals surface area contributed by atoms with Crippen molar-refractivity contribution in [2.45, 2.75) is 32.4 Å². The Bertz CT molecular complexity index is 1100. The standard InChI is InChI=1S/C21H23N3O4S/c1-11-16-19(25)23-15(24-20(16)29-18(11)21(26)28-3)10-22-17(12-4-5-12)13-6-8-14(27-2)9-7-13/h6-9,12,17,22H,4-5,10H2,1-3H3,(H,23,24,25). The van der Waals surface area contributed by atoms with Crippen molar-refractivity contribution in [3.8, 4) is 5.75 Å². The van der Waals surface area contributed by atoms with E-state index in [1.54, 1.807) is 14.0 Å². The number of thiophene rings is 1. The molecule has 1 aliphatic rings. The fraction of sp³-hybridized carbons (Fsp3) is 0.381. The molecule has 4 rings (SSSR count). The molecule has 0 spiro atoms. The van der Waals surface area contributed by atoms with E-state index in [2.05, 4.69) is 27.4 Å². The minimum atomic E-state index is -0.446. The van der Waals surface area contributed by atoms with Gasteiger partial charge in [-0.1, -0.05) is 12.1 Å². The number of hydrogen-bond donors (Lipinski definition) is 2. The lowest BCUT2D eigenvalue weighted by Crippen LogP contribution is -2.25. The molecule has 1 aromatic carbocycles. The Morgan fingerprint density at radius 2 is 2.03 bits per heavy atom. The van der Waals surface area contributed by atoms with Gasteiger partial charge in [-0.05, 0) is 48.9 Å². The molecule has 7 nitrogen and oxygen atoms in total. The van der Waals surface area contributed by atoms with Crippen molar-refractivity contribution in [2.75, 3.05) is 14.2 Å². The molecule has 2 aromatic heterocycles. The van der Waals surface area contributed by atoms with Crippen LogP contribution in [-0.4, -0.2) is 30.2 Å². The van der Waals surface area contributed by atoms with Gasteiger partial charge in [-0.3, -0.25) is 4.79 Å². The summed E-state index contributed by atoms with van der Waals surface area (Å²) in [4.78, 5) is 32.9. The second-order valence-electron chi connectivity index (χ2n) is 7.21. The molecule has 1 aliphatic carbocycles. The number of aromatic nitrogens is 2. The van der Waals surface area contributed by atoms with Crippen molar-refractivity contribution in [1.29, 1.82) is 0 Å². The van der Waals surface area contributed by atoms with Crippen molar-refractivity contribution >= 4 is 27.5 Å². The van der Waals surface area contributed by atoms with Crippen molar-refractivity contribution in [3.05, 3.63) is 56.4 Å². The average Bonchev–Trinajstić information content (AvgIpc) is 3.51. The zero-order chi connectivity index (χ0) is 20.5. The van der Waals surface area contributed by atoms with Gasteiger partial charge in [0.05, 0.1) is 26.2 Å². The second kappa shape index (κ2) is 7.96. The van der Waals surface area contributed by atoms with E-state index in [0.717, 1.165) is 5.75 Å². The molecule has 0 saturated heterocycles. The van der Waals surface area contributed by atoms with Gasteiger partial charge in [0.15, 0.2) is 0 Å². The molecule has 152 valence electrons. The molecule has 2 heterocycles. The van der Waals surface area contributed by atoms with Gasteiger partial charge in [-0.15, -0.1) is 11.3 Å². The molecule has 1 saturated carbocycles. The van der Waals surface area contributed by atoms with E-state index < -0.39 is 5.97 Å². The highest BCUT2D eigenvalue weighted by atomic mass is 32.1. The van der Waals surface area contributed by atoms with Crippen LogP contribution in [0.15, 0.2) is 29.1 Å². The summed E-state index contributed by atoms with van der Waals surface area (Å²) in [6.45, 7) is 2.18. The number of ether oxygens (including phenoxy) is 2. The third kappa shape index (κ3) is 3.90. The Kier molecular flexibility index (Phi) is 5.38. The summed E-state index contributed by atoms with van der Waals surface area (Å²) in [5.74, 6) is 1.51. The first-order chi connectivity index (χ1) is 14.0. The number of nitrogens with zero attached hydrogens (tertiary/aromatic N) is 1. The monoisotopic (exact) mass is 413 g/mol. The maximum Gasteiger partial charge on any atom is 0.348 e. The maximum absolute atomic E-state index is 12.6. The highest BCUT2D eigenvalue weighted by Crippen LogP contribution is 2.41. The van der Waals surface area contributed by atoms with E-state index in [9.17, 15) is 9.59 Å². The van der Waals surface area contributed by atoms with Gasteiger partial charge >= 0.3 is 5.97 Å². The van der Waals surface area contributed by atoms with Crippen LogP contribution in [0.25, 0.3) is 10.2 Å². The highest BCUT2D eigenvalue weighted by molar-refractivity contribution is 7.20. The molecular formula is C21H23N3O4S. The van der Waals surface area contributed by atoms with Crippen LogP contribution in [-0.2, 0) is 11.3 Å². The van der Waals surface area contributed by atoms with Crippen LogP contribution < -0.4 is 15.6 Å². The summed E-state index contributed by atoms with van der Waals surface area (Å²) in [7, 11) is 2.98. The lowest BCUT2D eigenvalue weighted by molar-refractivity contribution is 0.0605. The number of methoxy groups -OCH3 is 2. The SMILES string of the molecule is COC(=O)c1sc2nc(CNC(c3ccc(OC)cc3)C3CC3)[nH]c(=O)c2c1C. The number of carbonyl (C=O) groups is 1. The largest absolute Gasteiger partial charge is 0.497 e. The Hall–Kier alpha value is -2.71. The summed E-state index contributed by atoms with van der Waals surface area (Å²) in [5.41, 5.74) is 1.57. The summed E-state index contributed by atoms with van der Waals surface area (Å²) in [6, 6.07) is 8.25. The zero-order valence-electron chi connectivity index (χ0n) is 16.6. The van der Waals surface area contributed by atoms with Crippen LogP contribution in [0, 0.1) is 12.8 Å². The predicted molar refractivity (Wildman–Crippen MR) is 112 cm³/mol.